The summed E-state index contributed by atoms with van der Waals surface area (Å²) in [7, 11) is -3.97. The molecule has 0 bridgehead atoms. The standard InChI is InChI=1S/C21H22FN3O4S2/c22-15-4-3-5-16(11-15)24-31(28,29)17-6-7-19-18(12-17)23-21(27)14(13-30-19)10-20(26)25-8-1-2-9-25/h3-7,11-12,14,24H,1-2,8-10,13H2,(H,23,27). The molecule has 0 aliphatic carbocycles. The Kier molecular flexibility index (Phi) is 6.19. The summed E-state index contributed by atoms with van der Waals surface area (Å²) < 4.78 is 41.1. The van der Waals surface area contributed by atoms with Gasteiger partial charge in [-0.2, -0.15) is 0 Å². The highest BCUT2D eigenvalue weighted by molar-refractivity contribution is 7.99. The number of amides is 2. The molecule has 0 aromatic heterocycles. The number of thioether (sulfide) groups is 1. The third kappa shape index (κ3) is 5.01. The molecule has 2 aromatic carbocycles. The van der Waals surface area contributed by atoms with Gasteiger partial charge in [0.25, 0.3) is 10.0 Å². The number of hydrogen-bond donors (Lipinski definition) is 2. The number of hydrogen-bond acceptors (Lipinski definition) is 5. The van der Waals surface area contributed by atoms with E-state index in [-0.39, 0.29) is 28.8 Å². The second kappa shape index (κ2) is 8.88. The Bertz CT molecular complexity index is 1120. The number of carbonyl (C=O) groups excluding carboxylic acids is 2. The van der Waals surface area contributed by atoms with Gasteiger partial charge in [-0.1, -0.05) is 6.07 Å². The van der Waals surface area contributed by atoms with Gasteiger partial charge in [-0.15, -0.1) is 11.8 Å². The molecule has 2 N–H and O–H groups in total. The maximum atomic E-state index is 13.4. The average Bonchev–Trinajstić information content (AvgIpc) is 3.21. The lowest BCUT2D eigenvalue weighted by Gasteiger charge is -2.18. The van der Waals surface area contributed by atoms with Crippen LogP contribution in [0.4, 0.5) is 15.8 Å². The number of likely N-dealkylation sites (tertiary alicyclic amines) is 1. The number of sulfonamides is 1. The van der Waals surface area contributed by atoms with Gasteiger partial charge in [-0.05, 0) is 49.2 Å². The van der Waals surface area contributed by atoms with Crippen molar-refractivity contribution in [2.45, 2.75) is 29.1 Å². The monoisotopic (exact) mass is 463 g/mol. The average molecular weight is 464 g/mol. The first kappa shape index (κ1) is 21.6. The minimum Gasteiger partial charge on any atom is -0.343 e. The number of carbonyl (C=O) groups is 2. The lowest BCUT2D eigenvalue weighted by atomic mass is 10.1. The Morgan fingerprint density at radius 3 is 2.71 bits per heavy atom. The van der Waals surface area contributed by atoms with E-state index < -0.39 is 21.8 Å². The quantitative estimate of drug-likeness (QED) is 0.710. The van der Waals surface area contributed by atoms with E-state index in [2.05, 4.69) is 10.0 Å². The van der Waals surface area contributed by atoms with Crippen LogP contribution in [0.15, 0.2) is 52.3 Å². The van der Waals surface area contributed by atoms with E-state index in [9.17, 15) is 22.4 Å². The number of anilines is 2. The Morgan fingerprint density at radius 2 is 1.97 bits per heavy atom. The van der Waals surface area contributed by atoms with Crippen LogP contribution in [0.3, 0.4) is 0 Å². The highest BCUT2D eigenvalue weighted by Crippen LogP contribution is 2.35. The van der Waals surface area contributed by atoms with Crippen molar-refractivity contribution in [1.29, 1.82) is 0 Å². The zero-order valence-corrected chi connectivity index (χ0v) is 18.3. The van der Waals surface area contributed by atoms with Gasteiger partial charge in [0.1, 0.15) is 5.82 Å². The molecule has 1 unspecified atom stereocenters. The molecule has 2 heterocycles. The van der Waals surface area contributed by atoms with E-state index in [0.29, 0.717) is 11.4 Å². The van der Waals surface area contributed by atoms with Crippen molar-refractivity contribution in [1.82, 2.24) is 4.90 Å². The normalized spacial score (nSPS) is 18.8. The Balaban J connectivity index is 1.49. The summed E-state index contributed by atoms with van der Waals surface area (Å²) in [6.45, 7) is 1.47. The minimum atomic E-state index is -3.97. The van der Waals surface area contributed by atoms with E-state index in [1.807, 2.05) is 0 Å². The fraction of sp³-hybridized carbons (Fsp3) is 0.333. The third-order valence-corrected chi connectivity index (χ3v) is 7.90. The third-order valence-electron chi connectivity index (χ3n) is 5.29. The molecular weight excluding hydrogens is 441 g/mol. The summed E-state index contributed by atoms with van der Waals surface area (Å²) in [6, 6.07) is 9.61. The maximum absolute atomic E-state index is 13.4. The first-order chi connectivity index (χ1) is 14.8. The van der Waals surface area contributed by atoms with Crippen LogP contribution in [0.2, 0.25) is 0 Å². The number of benzene rings is 2. The second-order valence-electron chi connectivity index (χ2n) is 7.56. The van der Waals surface area contributed by atoms with Crippen LogP contribution in [-0.2, 0) is 19.6 Å². The molecule has 2 aromatic rings. The Morgan fingerprint density at radius 1 is 1.19 bits per heavy atom. The van der Waals surface area contributed by atoms with Gasteiger partial charge in [-0.25, -0.2) is 12.8 Å². The Labute approximate surface area is 184 Å². The van der Waals surface area contributed by atoms with Gasteiger partial charge < -0.3 is 10.2 Å². The highest BCUT2D eigenvalue weighted by Gasteiger charge is 2.30. The predicted molar refractivity (Wildman–Crippen MR) is 117 cm³/mol. The van der Waals surface area contributed by atoms with E-state index in [0.717, 1.165) is 36.9 Å². The van der Waals surface area contributed by atoms with Gasteiger partial charge in [0.05, 0.1) is 22.2 Å². The molecule has 4 rings (SSSR count). The topological polar surface area (TPSA) is 95.6 Å². The molecule has 1 atom stereocenters. The van der Waals surface area contributed by atoms with Crippen LogP contribution in [-0.4, -0.2) is 44.0 Å². The molecule has 164 valence electrons. The SMILES string of the molecule is O=C1Nc2cc(S(=O)(=O)Nc3cccc(F)c3)ccc2SCC1CC(=O)N1CCCC1. The molecule has 31 heavy (non-hydrogen) atoms. The van der Waals surface area contributed by atoms with Crippen molar-refractivity contribution >= 4 is 45.0 Å². The number of nitrogens with zero attached hydrogens (tertiary/aromatic N) is 1. The fourth-order valence-corrected chi connectivity index (χ4v) is 5.78. The van der Waals surface area contributed by atoms with Crippen LogP contribution in [0.5, 0.6) is 0 Å². The van der Waals surface area contributed by atoms with Crippen molar-refractivity contribution in [3.05, 3.63) is 48.3 Å². The van der Waals surface area contributed by atoms with Gasteiger partial charge >= 0.3 is 0 Å². The lowest BCUT2D eigenvalue weighted by molar-refractivity contribution is -0.133. The first-order valence-electron chi connectivity index (χ1n) is 9.96. The van der Waals surface area contributed by atoms with Crippen molar-refractivity contribution in [2.75, 3.05) is 28.9 Å². The fourth-order valence-electron chi connectivity index (χ4n) is 3.62. The van der Waals surface area contributed by atoms with Gasteiger partial charge in [-0.3, -0.25) is 14.3 Å². The zero-order chi connectivity index (χ0) is 22.0. The molecule has 2 aliphatic rings. The molecular formula is C21H22FN3O4S2. The predicted octanol–water partition coefficient (Wildman–Crippen LogP) is 3.30. The van der Waals surface area contributed by atoms with Gasteiger partial charge in [0.15, 0.2) is 0 Å². The molecule has 1 saturated heterocycles. The molecule has 2 amide bonds. The summed E-state index contributed by atoms with van der Waals surface area (Å²) in [5.41, 5.74) is 0.488. The summed E-state index contributed by atoms with van der Waals surface area (Å²) in [4.78, 5) is 27.6. The number of nitrogens with one attached hydrogen (secondary N) is 2. The minimum absolute atomic E-state index is 0.0215. The summed E-state index contributed by atoms with van der Waals surface area (Å²) in [6.07, 6.45) is 2.12. The van der Waals surface area contributed by atoms with Crippen LogP contribution < -0.4 is 10.0 Å². The van der Waals surface area contributed by atoms with Gasteiger partial charge in [0, 0.05) is 30.2 Å². The van der Waals surface area contributed by atoms with Crippen LogP contribution in [0, 0.1) is 11.7 Å². The van der Waals surface area contributed by atoms with Crippen molar-refractivity contribution in [3.63, 3.8) is 0 Å². The largest absolute Gasteiger partial charge is 0.343 e. The van der Waals surface area contributed by atoms with E-state index in [4.69, 9.17) is 0 Å². The lowest BCUT2D eigenvalue weighted by Crippen LogP contribution is -2.33. The van der Waals surface area contributed by atoms with Crippen LogP contribution in [0.1, 0.15) is 19.3 Å². The highest BCUT2D eigenvalue weighted by atomic mass is 32.2. The second-order valence-corrected chi connectivity index (χ2v) is 10.3. The summed E-state index contributed by atoms with van der Waals surface area (Å²) in [5.74, 6) is -0.930. The smallest absolute Gasteiger partial charge is 0.261 e. The van der Waals surface area contributed by atoms with E-state index >= 15 is 0 Å². The molecule has 0 radical (unpaired) electrons. The number of halogens is 1. The van der Waals surface area contributed by atoms with Crippen molar-refractivity contribution in [3.8, 4) is 0 Å². The van der Waals surface area contributed by atoms with E-state index in [1.165, 1.54) is 42.1 Å². The van der Waals surface area contributed by atoms with Crippen LogP contribution >= 0.6 is 11.8 Å². The molecule has 10 heteroatoms. The summed E-state index contributed by atoms with van der Waals surface area (Å²) >= 11 is 1.41. The number of fused-ring (bicyclic) bond motifs is 1. The summed E-state index contributed by atoms with van der Waals surface area (Å²) in [5, 5.41) is 2.77. The zero-order valence-electron chi connectivity index (χ0n) is 16.6. The molecule has 1 fully saturated rings. The molecule has 2 aliphatic heterocycles. The molecule has 7 nitrogen and oxygen atoms in total. The molecule has 0 saturated carbocycles. The van der Waals surface area contributed by atoms with Crippen LogP contribution in [0.25, 0.3) is 0 Å². The first-order valence-corrected chi connectivity index (χ1v) is 12.4. The maximum Gasteiger partial charge on any atom is 0.261 e. The Hall–Kier alpha value is -2.59. The van der Waals surface area contributed by atoms with Crippen molar-refractivity contribution < 1.29 is 22.4 Å². The molecule has 0 spiro atoms. The number of rotatable bonds is 5. The van der Waals surface area contributed by atoms with Gasteiger partial charge in [0.2, 0.25) is 11.8 Å². The van der Waals surface area contributed by atoms with Crippen molar-refractivity contribution in [2.24, 2.45) is 5.92 Å². The van der Waals surface area contributed by atoms with E-state index in [1.54, 1.807) is 11.0 Å².